The molecule has 0 unspecified atom stereocenters. The van der Waals surface area contributed by atoms with Crippen LogP contribution in [0.5, 0.6) is 0 Å². The summed E-state index contributed by atoms with van der Waals surface area (Å²) in [6.07, 6.45) is 4.62. The second-order valence-corrected chi connectivity index (χ2v) is 6.29. The molecular weight excluding hydrogens is 280 g/mol. The van der Waals surface area contributed by atoms with Crippen molar-refractivity contribution in [2.24, 2.45) is 0 Å². The lowest BCUT2D eigenvalue weighted by Gasteiger charge is -2.16. The Hall–Kier alpha value is -2.22. The summed E-state index contributed by atoms with van der Waals surface area (Å²) in [7, 11) is 8.29. The van der Waals surface area contributed by atoms with Crippen molar-refractivity contribution >= 4 is 16.9 Å². The molecule has 2 aromatic rings. The van der Waals surface area contributed by atoms with Gasteiger partial charge in [0.2, 0.25) is 0 Å². The monoisotopic (exact) mass is 308 g/mol. The number of hydrogen-bond donors (Lipinski definition) is 0. The first-order valence-electron chi connectivity index (χ1n) is 8.28. The van der Waals surface area contributed by atoms with E-state index in [1.54, 1.807) is 0 Å². The molecule has 0 heterocycles. The minimum atomic E-state index is 1.10. The van der Waals surface area contributed by atoms with Crippen molar-refractivity contribution in [3.05, 3.63) is 65.7 Å². The van der Waals surface area contributed by atoms with Crippen LogP contribution in [0.15, 0.2) is 54.6 Å². The molecule has 0 saturated carbocycles. The zero-order chi connectivity index (χ0) is 16.8. The Morgan fingerprint density at radius 1 is 0.739 bits per heavy atom. The number of allylic oxidation sites excluding steroid dienone is 1. The van der Waals surface area contributed by atoms with Crippen molar-refractivity contribution in [3.63, 3.8) is 0 Å². The summed E-state index contributed by atoms with van der Waals surface area (Å²) in [5.41, 5.74) is 6.34. The molecule has 2 nitrogen and oxygen atoms in total. The van der Waals surface area contributed by atoms with Gasteiger partial charge < -0.3 is 9.80 Å². The summed E-state index contributed by atoms with van der Waals surface area (Å²) < 4.78 is 0. The third-order valence-electron chi connectivity index (χ3n) is 4.03. The lowest BCUT2D eigenvalue weighted by Crippen LogP contribution is -2.08. The molecule has 2 aromatic carbocycles. The molecule has 0 aliphatic carbocycles. The number of benzene rings is 2. The highest BCUT2D eigenvalue weighted by molar-refractivity contribution is 5.81. The van der Waals surface area contributed by atoms with Gasteiger partial charge in [-0.3, -0.25) is 0 Å². The average Bonchev–Trinajstić information content (AvgIpc) is 2.56. The van der Waals surface area contributed by atoms with Crippen LogP contribution in [0.25, 0.3) is 5.57 Å². The number of unbranched alkanes of at least 4 members (excludes halogenated alkanes) is 1. The van der Waals surface area contributed by atoms with E-state index in [9.17, 15) is 0 Å². The maximum absolute atomic E-state index is 2.36. The molecule has 0 saturated heterocycles. The van der Waals surface area contributed by atoms with E-state index in [-0.39, 0.29) is 0 Å². The van der Waals surface area contributed by atoms with Gasteiger partial charge in [0.05, 0.1) is 0 Å². The molecule has 0 spiro atoms. The molecular formula is C21H28N2. The van der Waals surface area contributed by atoms with E-state index in [2.05, 4.69) is 99.5 Å². The van der Waals surface area contributed by atoms with E-state index in [4.69, 9.17) is 0 Å². The standard InChI is InChI=1S/C21H28N2/c1-6-7-8-21(17-9-13-19(14-10-17)22(2)3)18-11-15-20(16-12-18)23(4)5/h8-16H,6-7H2,1-5H3. The summed E-state index contributed by atoms with van der Waals surface area (Å²) in [5, 5.41) is 0. The van der Waals surface area contributed by atoms with E-state index >= 15 is 0 Å². The fraction of sp³-hybridized carbons (Fsp3) is 0.333. The van der Waals surface area contributed by atoms with Gasteiger partial charge in [-0.25, -0.2) is 0 Å². The Kier molecular flexibility index (Phi) is 5.86. The van der Waals surface area contributed by atoms with Crippen LogP contribution in [0.2, 0.25) is 0 Å². The van der Waals surface area contributed by atoms with Gasteiger partial charge in [-0.15, -0.1) is 0 Å². The second kappa shape index (κ2) is 7.87. The van der Waals surface area contributed by atoms with Crippen LogP contribution < -0.4 is 9.80 Å². The highest BCUT2D eigenvalue weighted by atomic mass is 15.1. The molecule has 0 radical (unpaired) electrons. The molecule has 0 aromatic heterocycles. The number of anilines is 2. The number of nitrogens with zero attached hydrogens (tertiary/aromatic N) is 2. The first-order chi connectivity index (χ1) is 11.0. The fourth-order valence-electron chi connectivity index (χ4n) is 2.57. The lowest BCUT2D eigenvalue weighted by atomic mass is 9.96. The van der Waals surface area contributed by atoms with Crippen LogP contribution in [0, 0.1) is 0 Å². The Balaban J connectivity index is 2.37. The van der Waals surface area contributed by atoms with Crippen molar-refractivity contribution in [1.29, 1.82) is 0 Å². The van der Waals surface area contributed by atoms with Gasteiger partial charge in [0.25, 0.3) is 0 Å². The SMILES string of the molecule is CCCC=C(c1ccc(N(C)C)cc1)c1ccc(N(C)C)cc1. The minimum Gasteiger partial charge on any atom is -0.378 e. The van der Waals surface area contributed by atoms with Crippen molar-refractivity contribution in [2.45, 2.75) is 19.8 Å². The van der Waals surface area contributed by atoms with E-state index in [1.807, 2.05) is 0 Å². The predicted molar refractivity (Wildman–Crippen MR) is 104 cm³/mol. The van der Waals surface area contributed by atoms with Gasteiger partial charge in [-0.2, -0.15) is 0 Å². The zero-order valence-electron chi connectivity index (χ0n) is 15.0. The summed E-state index contributed by atoms with van der Waals surface area (Å²) in [5.74, 6) is 0. The third-order valence-corrected chi connectivity index (χ3v) is 4.03. The van der Waals surface area contributed by atoms with Crippen LogP contribution >= 0.6 is 0 Å². The molecule has 122 valence electrons. The van der Waals surface area contributed by atoms with Crippen LogP contribution in [-0.4, -0.2) is 28.2 Å². The smallest absolute Gasteiger partial charge is 0.0361 e. The number of hydrogen-bond acceptors (Lipinski definition) is 2. The molecule has 2 heteroatoms. The van der Waals surface area contributed by atoms with Crippen molar-refractivity contribution < 1.29 is 0 Å². The summed E-state index contributed by atoms with van der Waals surface area (Å²) in [4.78, 5) is 4.26. The van der Waals surface area contributed by atoms with E-state index in [0.29, 0.717) is 0 Å². The maximum atomic E-state index is 2.36. The van der Waals surface area contributed by atoms with E-state index in [1.165, 1.54) is 28.1 Å². The second-order valence-electron chi connectivity index (χ2n) is 6.29. The predicted octanol–water partition coefficient (Wildman–Crippen LogP) is 5.05. The van der Waals surface area contributed by atoms with Gasteiger partial charge in [0, 0.05) is 39.6 Å². The van der Waals surface area contributed by atoms with Gasteiger partial charge in [-0.05, 0) is 47.4 Å². The normalized spacial score (nSPS) is 10.3. The molecule has 0 amide bonds. The quantitative estimate of drug-likeness (QED) is 0.736. The largest absolute Gasteiger partial charge is 0.378 e. The van der Waals surface area contributed by atoms with Crippen LogP contribution in [0.4, 0.5) is 11.4 Å². The molecule has 0 bridgehead atoms. The molecule has 0 fully saturated rings. The molecule has 2 rings (SSSR count). The average molecular weight is 308 g/mol. The molecule has 0 atom stereocenters. The van der Waals surface area contributed by atoms with Gasteiger partial charge >= 0.3 is 0 Å². The zero-order valence-corrected chi connectivity index (χ0v) is 15.0. The first-order valence-corrected chi connectivity index (χ1v) is 8.28. The van der Waals surface area contributed by atoms with Crippen molar-refractivity contribution in [1.82, 2.24) is 0 Å². The molecule has 0 N–H and O–H groups in total. The minimum absolute atomic E-state index is 1.10. The number of rotatable bonds is 6. The fourth-order valence-corrected chi connectivity index (χ4v) is 2.57. The van der Waals surface area contributed by atoms with E-state index < -0.39 is 0 Å². The topological polar surface area (TPSA) is 6.48 Å². The van der Waals surface area contributed by atoms with Crippen LogP contribution in [0.3, 0.4) is 0 Å². The first kappa shape index (κ1) is 17.1. The molecule has 0 aliphatic rings. The van der Waals surface area contributed by atoms with Crippen molar-refractivity contribution in [2.75, 3.05) is 38.0 Å². The highest BCUT2D eigenvalue weighted by Gasteiger charge is 2.06. The highest BCUT2D eigenvalue weighted by Crippen LogP contribution is 2.27. The Labute approximate surface area is 141 Å². The Morgan fingerprint density at radius 3 is 1.43 bits per heavy atom. The molecule has 23 heavy (non-hydrogen) atoms. The summed E-state index contributed by atoms with van der Waals surface area (Å²) in [6, 6.07) is 17.6. The third kappa shape index (κ3) is 4.38. The lowest BCUT2D eigenvalue weighted by molar-refractivity contribution is 0.960. The van der Waals surface area contributed by atoms with Crippen LogP contribution in [0.1, 0.15) is 30.9 Å². The van der Waals surface area contributed by atoms with Crippen molar-refractivity contribution in [3.8, 4) is 0 Å². The molecule has 0 aliphatic heterocycles. The summed E-state index contributed by atoms with van der Waals surface area (Å²) >= 11 is 0. The maximum Gasteiger partial charge on any atom is 0.0361 e. The van der Waals surface area contributed by atoms with E-state index in [0.717, 1.165) is 12.8 Å². The Bertz CT molecular complexity index is 581. The Morgan fingerprint density at radius 2 is 1.13 bits per heavy atom. The summed E-state index contributed by atoms with van der Waals surface area (Å²) in [6.45, 7) is 2.22. The van der Waals surface area contributed by atoms with Gasteiger partial charge in [0.1, 0.15) is 0 Å². The van der Waals surface area contributed by atoms with Gasteiger partial charge in [0.15, 0.2) is 0 Å². The van der Waals surface area contributed by atoms with Crippen LogP contribution in [-0.2, 0) is 0 Å². The van der Waals surface area contributed by atoms with Gasteiger partial charge in [-0.1, -0.05) is 43.7 Å².